The minimum Gasteiger partial charge on any atom is -0.387 e. The number of pyridine rings is 1. The SMILES string of the molecule is CC(CCc1cccn1C)NCC(O)c1cccnc1. The molecule has 2 unspecified atom stereocenters. The van der Waals surface area contributed by atoms with Gasteiger partial charge >= 0.3 is 0 Å². The molecule has 0 amide bonds. The van der Waals surface area contributed by atoms with Crippen LogP contribution in [0.15, 0.2) is 42.9 Å². The lowest BCUT2D eigenvalue weighted by molar-refractivity contribution is 0.169. The maximum Gasteiger partial charge on any atom is 0.0929 e. The van der Waals surface area contributed by atoms with Gasteiger partial charge in [-0.1, -0.05) is 6.07 Å². The average Bonchev–Trinajstić information content (AvgIpc) is 2.89. The Labute approximate surface area is 120 Å². The van der Waals surface area contributed by atoms with Gasteiger partial charge in [0.25, 0.3) is 0 Å². The molecule has 4 nitrogen and oxygen atoms in total. The summed E-state index contributed by atoms with van der Waals surface area (Å²) in [4.78, 5) is 4.02. The summed E-state index contributed by atoms with van der Waals surface area (Å²) >= 11 is 0. The van der Waals surface area contributed by atoms with Crippen molar-refractivity contribution in [3.05, 3.63) is 54.1 Å². The van der Waals surface area contributed by atoms with Gasteiger partial charge in [0.05, 0.1) is 6.10 Å². The summed E-state index contributed by atoms with van der Waals surface area (Å²) in [6, 6.07) is 8.33. The van der Waals surface area contributed by atoms with Crippen LogP contribution in [0.3, 0.4) is 0 Å². The zero-order valence-corrected chi connectivity index (χ0v) is 12.2. The van der Waals surface area contributed by atoms with Gasteiger partial charge in [-0.3, -0.25) is 4.98 Å². The van der Waals surface area contributed by atoms with Crippen LogP contribution in [0.25, 0.3) is 0 Å². The summed E-state index contributed by atoms with van der Waals surface area (Å²) in [6.07, 6.45) is 7.09. The average molecular weight is 273 g/mol. The van der Waals surface area contributed by atoms with E-state index in [1.165, 1.54) is 5.69 Å². The number of aliphatic hydroxyl groups excluding tert-OH is 1. The largest absolute Gasteiger partial charge is 0.387 e. The molecule has 0 bridgehead atoms. The molecule has 0 fully saturated rings. The van der Waals surface area contributed by atoms with Crippen molar-refractivity contribution in [3.8, 4) is 0 Å². The van der Waals surface area contributed by atoms with Crippen molar-refractivity contribution < 1.29 is 5.11 Å². The van der Waals surface area contributed by atoms with Crippen molar-refractivity contribution >= 4 is 0 Å². The highest BCUT2D eigenvalue weighted by atomic mass is 16.3. The molecule has 2 heterocycles. The Morgan fingerprint density at radius 2 is 2.20 bits per heavy atom. The molecule has 0 saturated carbocycles. The molecule has 0 spiro atoms. The first-order valence-corrected chi connectivity index (χ1v) is 7.08. The molecule has 0 saturated heterocycles. The Hall–Kier alpha value is -1.65. The second kappa shape index (κ2) is 7.22. The molecule has 4 heteroatoms. The third-order valence-corrected chi connectivity index (χ3v) is 3.61. The third kappa shape index (κ3) is 4.18. The molecule has 2 N–H and O–H groups in total. The molecule has 0 aliphatic heterocycles. The predicted molar refractivity (Wildman–Crippen MR) is 80.4 cm³/mol. The fourth-order valence-corrected chi connectivity index (χ4v) is 2.23. The highest BCUT2D eigenvalue weighted by molar-refractivity contribution is 5.12. The lowest BCUT2D eigenvalue weighted by Gasteiger charge is -2.17. The van der Waals surface area contributed by atoms with E-state index in [0.29, 0.717) is 12.6 Å². The number of nitrogens with one attached hydrogen (secondary N) is 1. The molecular weight excluding hydrogens is 250 g/mol. The Bertz CT molecular complexity index is 509. The zero-order chi connectivity index (χ0) is 14.4. The van der Waals surface area contributed by atoms with E-state index in [1.807, 2.05) is 12.1 Å². The van der Waals surface area contributed by atoms with Crippen LogP contribution in [-0.2, 0) is 13.5 Å². The van der Waals surface area contributed by atoms with E-state index >= 15 is 0 Å². The smallest absolute Gasteiger partial charge is 0.0929 e. The van der Waals surface area contributed by atoms with Gasteiger partial charge in [-0.25, -0.2) is 0 Å². The second-order valence-electron chi connectivity index (χ2n) is 5.26. The van der Waals surface area contributed by atoms with Crippen molar-refractivity contribution in [1.29, 1.82) is 0 Å². The van der Waals surface area contributed by atoms with E-state index in [9.17, 15) is 5.11 Å². The maximum atomic E-state index is 10.1. The maximum absolute atomic E-state index is 10.1. The van der Waals surface area contributed by atoms with Crippen molar-refractivity contribution in [2.24, 2.45) is 7.05 Å². The minimum absolute atomic E-state index is 0.372. The van der Waals surface area contributed by atoms with Crippen LogP contribution in [0.4, 0.5) is 0 Å². The van der Waals surface area contributed by atoms with Crippen LogP contribution >= 0.6 is 0 Å². The number of hydrogen-bond donors (Lipinski definition) is 2. The van der Waals surface area contributed by atoms with Gasteiger partial charge in [0, 0.05) is 49.5 Å². The van der Waals surface area contributed by atoms with Gasteiger partial charge in [-0.05, 0) is 38.0 Å². The van der Waals surface area contributed by atoms with E-state index in [4.69, 9.17) is 0 Å². The van der Waals surface area contributed by atoms with Gasteiger partial charge in [0.15, 0.2) is 0 Å². The minimum atomic E-state index is -0.499. The van der Waals surface area contributed by atoms with Crippen LogP contribution in [0.2, 0.25) is 0 Å². The standard InChI is InChI=1S/C16H23N3O/c1-13(7-8-15-6-4-10-19(15)2)18-12-16(20)14-5-3-9-17-11-14/h3-6,9-11,13,16,18,20H,7-8,12H2,1-2H3. The van der Waals surface area contributed by atoms with Gasteiger partial charge in [-0.2, -0.15) is 0 Å². The van der Waals surface area contributed by atoms with Crippen molar-refractivity contribution in [3.63, 3.8) is 0 Å². The lowest BCUT2D eigenvalue weighted by atomic mass is 10.1. The van der Waals surface area contributed by atoms with Gasteiger partial charge in [-0.15, -0.1) is 0 Å². The number of nitrogens with zero attached hydrogens (tertiary/aromatic N) is 2. The molecule has 0 aliphatic carbocycles. The van der Waals surface area contributed by atoms with E-state index in [1.54, 1.807) is 12.4 Å². The third-order valence-electron chi connectivity index (χ3n) is 3.61. The number of aliphatic hydroxyl groups is 1. The van der Waals surface area contributed by atoms with Crippen molar-refractivity contribution in [2.45, 2.75) is 31.9 Å². The first-order valence-electron chi connectivity index (χ1n) is 7.08. The zero-order valence-electron chi connectivity index (χ0n) is 12.2. The molecule has 0 aliphatic rings. The van der Waals surface area contributed by atoms with Crippen LogP contribution in [-0.4, -0.2) is 27.2 Å². The molecule has 2 aromatic rings. The van der Waals surface area contributed by atoms with Crippen molar-refractivity contribution in [2.75, 3.05) is 6.54 Å². The van der Waals surface area contributed by atoms with Crippen LogP contribution in [0.1, 0.15) is 30.7 Å². The van der Waals surface area contributed by atoms with E-state index in [2.05, 4.69) is 47.2 Å². The molecule has 0 aromatic carbocycles. The van der Waals surface area contributed by atoms with Gasteiger partial charge in [0.1, 0.15) is 0 Å². The normalized spacial score (nSPS) is 14.2. The Balaban J connectivity index is 1.72. The number of hydrogen-bond acceptors (Lipinski definition) is 3. The molecular formula is C16H23N3O. The fourth-order valence-electron chi connectivity index (χ4n) is 2.23. The van der Waals surface area contributed by atoms with Crippen LogP contribution in [0, 0.1) is 0 Å². The summed E-state index contributed by atoms with van der Waals surface area (Å²) < 4.78 is 2.15. The topological polar surface area (TPSA) is 50.1 Å². The van der Waals surface area contributed by atoms with E-state index < -0.39 is 6.10 Å². The predicted octanol–water partition coefficient (Wildman–Crippen LogP) is 2.06. The lowest BCUT2D eigenvalue weighted by Crippen LogP contribution is -2.31. The van der Waals surface area contributed by atoms with Gasteiger partial charge in [0.2, 0.25) is 0 Å². The molecule has 108 valence electrons. The highest BCUT2D eigenvalue weighted by Crippen LogP contribution is 2.10. The monoisotopic (exact) mass is 273 g/mol. The number of aryl methyl sites for hydroxylation is 2. The summed E-state index contributed by atoms with van der Waals surface area (Å²) in [5.41, 5.74) is 2.20. The summed E-state index contributed by atoms with van der Waals surface area (Å²) in [6.45, 7) is 2.71. The van der Waals surface area contributed by atoms with E-state index in [-0.39, 0.29) is 0 Å². The fraction of sp³-hybridized carbons (Fsp3) is 0.438. The Kier molecular flexibility index (Phi) is 5.32. The van der Waals surface area contributed by atoms with Crippen LogP contribution in [0.5, 0.6) is 0 Å². The summed E-state index contributed by atoms with van der Waals surface area (Å²) in [5, 5.41) is 13.4. The molecule has 2 atom stereocenters. The number of aromatic nitrogens is 2. The van der Waals surface area contributed by atoms with Gasteiger partial charge < -0.3 is 15.0 Å². The first-order chi connectivity index (χ1) is 9.66. The first kappa shape index (κ1) is 14.8. The van der Waals surface area contributed by atoms with Crippen LogP contribution < -0.4 is 5.32 Å². The van der Waals surface area contributed by atoms with E-state index in [0.717, 1.165) is 18.4 Å². The Morgan fingerprint density at radius 3 is 2.85 bits per heavy atom. The molecule has 0 radical (unpaired) electrons. The quantitative estimate of drug-likeness (QED) is 0.812. The van der Waals surface area contributed by atoms with Crippen molar-refractivity contribution in [1.82, 2.24) is 14.9 Å². The molecule has 2 aromatic heterocycles. The molecule has 2 rings (SSSR count). The highest BCUT2D eigenvalue weighted by Gasteiger charge is 2.09. The second-order valence-corrected chi connectivity index (χ2v) is 5.26. The summed E-state index contributed by atoms with van der Waals surface area (Å²) in [5.74, 6) is 0. The Morgan fingerprint density at radius 1 is 1.35 bits per heavy atom. The number of rotatable bonds is 7. The summed E-state index contributed by atoms with van der Waals surface area (Å²) in [7, 11) is 2.07. The molecule has 20 heavy (non-hydrogen) atoms.